The Balaban J connectivity index is 2.42. The summed E-state index contributed by atoms with van der Waals surface area (Å²) in [6.07, 6.45) is 1.07. The topological polar surface area (TPSA) is 133 Å². The number of tetrazole rings is 1. The van der Waals surface area contributed by atoms with Gasteiger partial charge >= 0.3 is 0 Å². The maximum Gasteiger partial charge on any atom is 0.294 e. The zero-order chi connectivity index (χ0) is 15.4. The first-order chi connectivity index (χ1) is 10.0. The number of nitro benzene ring substituents is 1. The van der Waals surface area contributed by atoms with Gasteiger partial charge in [-0.3, -0.25) is 10.1 Å². The second-order valence-corrected chi connectivity index (χ2v) is 3.94. The van der Waals surface area contributed by atoms with Crippen molar-refractivity contribution in [2.45, 2.75) is 0 Å². The fourth-order valence-electron chi connectivity index (χ4n) is 1.40. The van der Waals surface area contributed by atoms with Gasteiger partial charge in [0.25, 0.3) is 5.69 Å². The van der Waals surface area contributed by atoms with Crippen LogP contribution in [0.4, 0.5) is 15.8 Å². The number of H-pyrrole nitrogens is 1. The van der Waals surface area contributed by atoms with Gasteiger partial charge in [-0.05, 0) is 11.3 Å². The quantitative estimate of drug-likeness (QED) is 0.500. The third-order valence-electron chi connectivity index (χ3n) is 2.34. The van der Waals surface area contributed by atoms with Crippen LogP contribution in [-0.4, -0.2) is 25.5 Å². The van der Waals surface area contributed by atoms with Crippen molar-refractivity contribution < 1.29 is 9.31 Å². The summed E-state index contributed by atoms with van der Waals surface area (Å²) in [5.74, 6) is -0.864. The molecule has 0 saturated carbocycles. The fourth-order valence-corrected chi connectivity index (χ4v) is 1.61. The van der Waals surface area contributed by atoms with Gasteiger partial charge < -0.3 is 5.32 Å². The zero-order valence-electron chi connectivity index (χ0n) is 10.0. The SMILES string of the molecule is N#CC(=CNc1c([N+](=O)[O-])ccc(F)c1Cl)c1nn[nH]n1. The van der Waals surface area contributed by atoms with Crippen LogP contribution in [0.2, 0.25) is 5.02 Å². The average molecular weight is 310 g/mol. The number of aromatic amines is 1. The molecule has 0 aliphatic carbocycles. The van der Waals surface area contributed by atoms with E-state index in [2.05, 4.69) is 25.9 Å². The number of benzene rings is 1. The minimum Gasteiger partial charge on any atom is -0.353 e. The first kappa shape index (κ1) is 14.4. The highest BCUT2D eigenvalue weighted by atomic mass is 35.5. The predicted octanol–water partition coefficient (Wildman–Crippen LogP) is 1.88. The number of nitrogens with zero attached hydrogens (tertiary/aromatic N) is 5. The number of halogens is 2. The van der Waals surface area contributed by atoms with Crippen LogP contribution in [0.25, 0.3) is 5.57 Å². The molecule has 0 saturated heterocycles. The molecule has 106 valence electrons. The van der Waals surface area contributed by atoms with E-state index >= 15 is 0 Å². The van der Waals surface area contributed by atoms with Crippen LogP contribution in [-0.2, 0) is 0 Å². The third-order valence-corrected chi connectivity index (χ3v) is 2.71. The molecule has 0 aliphatic heterocycles. The van der Waals surface area contributed by atoms with Crippen LogP contribution in [0.3, 0.4) is 0 Å². The van der Waals surface area contributed by atoms with Gasteiger partial charge in [0.1, 0.15) is 28.2 Å². The number of nitrogens with one attached hydrogen (secondary N) is 2. The number of hydrogen-bond donors (Lipinski definition) is 2. The average Bonchev–Trinajstić information content (AvgIpc) is 2.97. The van der Waals surface area contributed by atoms with Gasteiger partial charge in [-0.1, -0.05) is 11.6 Å². The number of nitro groups is 1. The van der Waals surface area contributed by atoms with Gasteiger partial charge in [0.2, 0.25) is 5.82 Å². The Hall–Kier alpha value is -3.06. The standard InChI is InChI=1S/C10H5ClFN7O2/c11-8-6(12)1-2-7(19(20)21)9(8)14-4-5(3-13)10-15-17-18-16-10/h1-2,4,14H,(H,15,16,17,18). The molecule has 0 spiro atoms. The third kappa shape index (κ3) is 2.93. The van der Waals surface area contributed by atoms with E-state index in [1.165, 1.54) is 0 Å². The Labute approximate surface area is 121 Å². The van der Waals surface area contributed by atoms with Crippen molar-refractivity contribution in [3.8, 4) is 6.07 Å². The first-order valence-corrected chi connectivity index (χ1v) is 5.65. The number of hydrogen-bond acceptors (Lipinski definition) is 7. The van der Waals surface area contributed by atoms with Gasteiger partial charge in [0, 0.05) is 12.3 Å². The number of anilines is 1. The number of nitriles is 1. The minimum atomic E-state index is -0.837. The van der Waals surface area contributed by atoms with Crippen LogP contribution in [0.1, 0.15) is 5.82 Å². The van der Waals surface area contributed by atoms with Gasteiger partial charge in [0.05, 0.1) is 4.92 Å². The van der Waals surface area contributed by atoms with E-state index in [-0.39, 0.29) is 17.1 Å². The predicted molar refractivity (Wildman–Crippen MR) is 69.5 cm³/mol. The van der Waals surface area contributed by atoms with Crippen molar-refractivity contribution >= 4 is 28.5 Å². The molecule has 0 bridgehead atoms. The molecule has 0 amide bonds. The van der Waals surface area contributed by atoms with E-state index in [0.717, 1.165) is 18.3 Å². The molecule has 1 aromatic heterocycles. The fraction of sp³-hybridized carbons (Fsp3) is 0. The molecule has 11 heteroatoms. The van der Waals surface area contributed by atoms with E-state index in [4.69, 9.17) is 16.9 Å². The van der Waals surface area contributed by atoms with E-state index in [1.807, 2.05) is 0 Å². The number of allylic oxidation sites excluding steroid dienone is 1. The second-order valence-electron chi connectivity index (χ2n) is 3.56. The number of rotatable bonds is 4. The van der Waals surface area contributed by atoms with Crippen molar-refractivity contribution in [2.24, 2.45) is 0 Å². The van der Waals surface area contributed by atoms with Crippen LogP contribution >= 0.6 is 11.6 Å². The smallest absolute Gasteiger partial charge is 0.294 e. The molecular formula is C10H5ClFN7O2. The zero-order valence-corrected chi connectivity index (χ0v) is 10.8. The van der Waals surface area contributed by atoms with Gasteiger partial charge in [-0.15, -0.1) is 10.2 Å². The molecule has 0 fully saturated rings. The normalized spacial score (nSPS) is 11.0. The highest BCUT2D eigenvalue weighted by Gasteiger charge is 2.20. The van der Waals surface area contributed by atoms with E-state index in [1.54, 1.807) is 6.07 Å². The largest absolute Gasteiger partial charge is 0.353 e. The maximum atomic E-state index is 13.4. The summed E-state index contributed by atoms with van der Waals surface area (Å²) in [5.41, 5.74) is -0.792. The van der Waals surface area contributed by atoms with Crippen molar-refractivity contribution in [3.63, 3.8) is 0 Å². The van der Waals surface area contributed by atoms with Gasteiger partial charge in [-0.2, -0.15) is 10.5 Å². The molecule has 2 N–H and O–H groups in total. The lowest BCUT2D eigenvalue weighted by atomic mass is 10.2. The molecule has 0 atom stereocenters. The van der Waals surface area contributed by atoms with Crippen LogP contribution < -0.4 is 5.32 Å². The van der Waals surface area contributed by atoms with Crippen LogP contribution in [0, 0.1) is 27.3 Å². The Bertz CT molecular complexity index is 754. The number of aromatic nitrogens is 4. The van der Waals surface area contributed by atoms with Crippen molar-refractivity contribution in [1.82, 2.24) is 20.6 Å². The molecule has 0 radical (unpaired) electrons. The molecule has 9 nitrogen and oxygen atoms in total. The molecule has 2 rings (SSSR count). The van der Waals surface area contributed by atoms with Crippen molar-refractivity contribution in [3.05, 3.63) is 45.1 Å². The van der Waals surface area contributed by atoms with Crippen LogP contribution in [0.15, 0.2) is 18.3 Å². The molecule has 21 heavy (non-hydrogen) atoms. The summed E-state index contributed by atoms with van der Waals surface area (Å²) in [6, 6.07) is 3.60. The maximum absolute atomic E-state index is 13.4. The van der Waals surface area contributed by atoms with E-state index in [9.17, 15) is 14.5 Å². The molecule has 0 unspecified atom stereocenters. The van der Waals surface area contributed by atoms with Gasteiger partial charge in [-0.25, -0.2) is 4.39 Å². The van der Waals surface area contributed by atoms with Crippen molar-refractivity contribution in [1.29, 1.82) is 5.26 Å². The Kier molecular flexibility index (Phi) is 4.05. The Morgan fingerprint density at radius 2 is 2.38 bits per heavy atom. The highest BCUT2D eigenvalue weighted by Crippen LogP contribution is 2.34. The monoisotopic (exact) mass is 309 g/mol. The lowest BCUT2D eigenvalue weighted by molar-refractivity contribution is -0.384. The summed E-state index contributed by atoms with van der Waals surface area (Å²) in [6.45, 7) is 0. The van der Waals surface area contributed by atoms with Gasteiger partial charge in [0.15, 0.2) is 0 Å². The van der Waals surface area contributed by atoms with E-state index < -0.39 is 21.5 Å². The molecular weight excluding hydrogens is 305 g/mol. The summed E-state index contributed by atoms with van der Waals surface area (Å²) >= 11 is 5.69. The molecule has 2 aromatic rings. The molecule has 1 aromatic carbocycles. The lowest BCUT2D eigenvalue weighted by Crippen LogP contribution is -2.00. The molecule has 0 aliphatic rings. The summed E-state index contributed by atoms with van der Waals surface area (Å²) in [7, 11) is 0. The highest BCUT2D eigenvalue weighted by molar-refractivity contribution is 6.34. The Morgan fingerprint density at radius 3 is 2.95 bits per heavy atom. The Morgan fingerprint density at radius 1 is 1.62 bits per heavy atom. The summed E-state index contributed by atoms with van der Waals surface area (Å²) in [4.78, 5) is 10.2. The summed E-state index contributed by atoms with van der Waals surface area (Å²) in [5, 5.41) is 34.4. The molecule has 1 heterocycles. The van der Waals surface area contributed by atoms with Crippen LogP contribution in [0.5, 0.6) is 0 Å². The minimum absolute atomic E-state index is 0.0276. The van der Waals surface area contributed by atoms with E-state index in [0.29, 0.717) is 0 Å². The lowest BCUT2D eigenvalue weighted by Gasteiger charge is -2.06. The summed E-state index contributed by atoms with van der Waals surface area (Å²) < 4.78 is 13.4. The first-order valence-electron chi connectivity index (χ1n) is 5.27. The second kappa shape index (κ2) is 5.93. The van der Waals surface area contributed by atoms with Crippen molar-refractivity contribution in [2.75, 3.05) is 5.32 Å².